The molecule has 2 aliphatic heterocycles. The molecule has 0 spiro atoms. The average molecular weight is 453 g/mol. The van der Waals surface area contributed by atoms with Crippen molar-refractivity contribution in [1.29, 1.82) is 0 Å². The van der Waals surface area contributed by atoms with Gasteiger partial charge in [-0.1, -0.05) is 52.3 Å². The molecule has 0 radical (unpaired) electrons. The summed E-state index contributed by atoms with van der Waals surface area (Å²) < 4.78 is 10.7. The Morgan fingerprint density at radius 2 is 1.55 bits per heavy atom. The Morgan fingerprint density at radius 3 is 2.17 bits per heavy atom. The van der Waals surface area contributed by atoms with Gasteiger partial charge in [0, 0.05) is 17.2 Å². The van der Waals surface area contributed by atoms with E-state index in [-0.39, 0.29) is 12.1 Å². The Morgan fingerprint density at radius 1 is 0.931 bits per heavy atom. The normalized spacial score (nSPS) is 30.0. The van der Waals surface area contributed by atoms with Crippen molar-refractivity contribution in [3.05, 3.63) is 71.8 Å². The van der Waals surface area contributed by atoms with Crippen molar-refractivity contribution >= 4 is 21.8 Å². The van der Waals surface area contributed by atoms with E-state index >= 15 is 0 Å². The molecule has 5 atom stereocenters. The molecular formula is C24H25BrN2O2. The van der Waals surface area contributed by atoms with Crippen molar-refractivity contribution < 1.29 is 9.47 Å². The first-order chi connectivity index (χ1) is 14.2. The summed E-state index contributed by atoms with van der Waals surface area (Å²) in [5, 5.41) is 0. The van der Waals surface area contributed by atoms with E-state index < -0.39 is 0 Å². The van der Waals surface area contributed by atoms with Gasteiger partial charge >= 0.3 is 0 Å². The molecule has 5 rings (SSSR count). The van der Waals surface area contributed by atoms with Gasteiger partial charge in [-0.15, -0.1) is 0 Å². The fourth-order valence-corrected chi connectivity index (χ4v) is 5.88. The molecule has 2 heterocycles. The van der Waals surface area contributed by atoms with Crippen LogP contribution < -0.4 is 9.47 Å². The van der Waals surface area contributed by atoms with E-state index in [1.807, 2.05) is 12.1 Å². The standard InChI is InChI=1S/C24H25BrN2O2/c1-28-18-10-6-15(7-11-18)22-24(16-8-12-19(29-2)13-9-16)27-21(26-22)14-17-4-3-5-20(25)23(17)27/h3-4,6-13,17,20,22-24H,5,14H2,1-2H3/t17-,20+,22+,23+,24+/m0/s1. The van der Waals surface area contributed by atoms with Crippen molar-refractivity contribution in [1.82, 2.24) is 4.90 Å². The first-order valence-electron chi connectivity index (χ1n) is 10.1. The summed E-state index contributed by atoms with van der Waals surface area (Å²) in [5.74, 6) is 3.52. The number of halogens is 1. The minimum absolute atomic E-state index is 0.0795. The lowest BCUT2D eigenvalue weighted by Gasteiger charge is -2.38. The van der Waals surface area contributed by atoms with E-state index in [1.165, 1.54) is 17.0 Å². The summed E-state index contributed by atoms with van der Waals surface area (Å²) in [6.07, 6.45) is 6.78. The second-order valence-electron chi connectivity index (χ2n) is 7.93. The number of ether oxygens (including phenoxy) is 2. The number of aliphatic imine (C=N–C) groups is 1. The van der Waals surface area contributed by atoms with E-state index in [1.54, 1.807) is 14.2 Å². The maximum absolute atomic E-state index is 5.39. The van der Waals surface area contributed by atoms with Gasteiger partial charge in [0.1, 0.15) is 23.4 Å². The molecule has 150 valence electrons. The number of benzene rings is 2. The molecule has 3 aliphatic rings. The van der Waals surface area contributed by atoms with E-state index in [4.69, 9.17) is 14.5 Å². The fraction of sp³-hybridized carbons (Fsp3) is 0.375. The first kappa shape index (κ1) is 18.7. The Balaban J connectivity index is 1.57. The highest BCUT2D eigenvalue weighted by atomic mass is 79.9. The van der Waals surface area contributed by atoms with Crippen LogP contribution in [0.2, 0.25) is 0 Å². The Bertz CT molecular complexity index is 938. The van der Waals surface area contributed by atoms with Crippen LogP contribution in [0, 0.1) is 5.92 Å². The predicted octanol–water partition coefficient (Wildman–Crippen LogP) is 5.31. The van der Waals surface area contributed by atoms with Gasteiger partial charge in [0.05, 0.1) is 26.3 Å². The quantitative estimate of drug-likeness (QED) is 0.465. The van der Waals surface area contributed by atoms with Crippen LogP contribution >= 0.6 is 15.9 Å². The number of nitrogens with zero attached hydrogens (tertiary/aromatic N) is 2. The fourth-order valence-electron chi connectivity index (χ4n) is 5.01. The first-order valence-corrected chi connectivity index (χ1v) is 11.0. The van der Waals surface area contributed by atoms with Crippen LogP contribution in [0.4, 0.5) is 0 Å². The predicted molar refractivity (Wildman–Crippen MR) is 119 cm³/mol. The zero-order chi connectivity index (χ0) is 20.0. The molecule has 1 aliphatic carbocycles. The maximum Gasteiger partial charge on any atom is 0.118 e. The van der Waals surface area contributed by atoms with E-state index in [2.05, 4.69) is 69.4 Å². The van der Waals surface area contributed by atoms with Crippen LogP contribution in [0.3, 0.4) is 0 Å². The highest BCUT2D eigenvalue weighted by molar-refractivity contribution is 9.09. The summed E-state index contributed by atoms with van der Waals surface area (Å²) in [7, 11) is 3.41. The third-order valence-electron chi connectivity index (χ3n) is 6.39. The molecule has 0 N–H and O–H groups in total. The summed E-state index contributed by atoms with van der Waals surface area (Å²) in [6.45, 7) is 0. The number of allylic oxidation sites excluding steroid dienone is 1. The highest BCUT2D eigenvalue weighted by Gasteiger charge is 2.50. The second kappa shape index (κ2) is 7.52. The molecule has 2 aromatic carbocycles. The summed E-state index contributed by atoms with van der Waals surface area (Å²) in [5.41, 5.74) is 2.50. The van der Waals surface area contributed by atoms with Gasteiger partial charge in [-0.2, -0.15) is 0 Å². The van der Waals surface area contributed by atoms with Gasteiger partial charge in [0.2, 0.25) is 0 Å². The third kappa shape index (κ3) is 3.16. The molecule has 0 bridgehead atoms. The average Bonchev–Trinajstić information content (AvgIpc) is 3.30. The van der Waals surface area contributed by atoms with Crippen molar-refractivity contribution in [2.45, 2.75) is 35.8 Å². The van der Waals surface area contributed by atoms with Gasteiger partial charge in [0.15, 0.2) is 0 Å². The van der Waals surface area contributed by atoms with Crippen LogP contribution in [0.25, 0.3) is 0 Å². The Labute approximate surface area is 180 Å². The largest absolute Gasteiger partial charge is 0.497 e. The molecule has 0 unspecified atom stereocenters. The lowest BCUT2D eigenvalue weighted by Crippen LogP contribution is -2.43. The number of rotatable bonds is 4. The van der Waals surface area contributed by atoms with Gasteiger partial charge in [-0.05, 0) is 41.8 Å². The molecule has 1 saturated heterocycles. The third-order valence-corrected chi connectivity index (χ3v) is 7.31. The molecule has 0 aromatic heterocycles. The van der Waals surface area contributed by atoms with E-state index in [0.29, 0.717) is 16.8 Å². The van der Waals surface area contributed by atoms with Crippen molar-refractivity contribution in [3.8, 4) is 11.5 Å². The number of hydrogen-bond acceptors (Lipinski definition) is 4. The SMILES string of the molecule is COc1ccc([C@H]2N=C3C[C@@H]4C=CC[C@@H](Br)[C@@H]4N3[C@@H]2c2ccc(OC)cc2)cc1. The number of alkyl halides is 1. The molecule has 0 amide bonds. The van der Waals surface area contributed by atoms with Crippen LogP contribution in [0.1, 0.15) is 36.1 Å². The highest BCUT2D eigenvalue weighted by Crippen LogP contribution is 2.51. The zero-order valence-electron chi connectivity index (χ0n) is 16.7. The summed E-state index contributed by atoms with van der Waals surface area (Å²) >= 11 is 3.97. The van der Waals surface area contributed by atoms with E-state index in [9.17, 15) is 0 Å². The van der Waals surface area contributed by atoms with Crippen LogP contribution in [0.5, 0.6) is 11.5 Å². The molecule has 2 aromatic rings. The molecule has 0 saturated carbocycles. The summed E-state index contributed by atoms with van der Waals surface area (Å²) in [6, 6.07) is 17.5. The topological polar surface area (TPSA) is 34.1 Å². The molecule has 29 heavy (non-hydrogen) atoms. The second-order valence-corrected chi connectivity index (χ2v) is 9.10. The lowest BCUT2D eigenvalue weighted by atomic mass is 9.87. The van der Waals surface area contributed by atoms with Crippen LogP contribution in [-0.4, -0.2) is 35.8 Å². The monoisotopic (exact) mass is 452 g/mol. The zero-order valence-corrected chi connectivity index (χ0v) is 18.2. The van der Waals surface area contributed by atoms with Gasteiger partial charge in [0.25, 0.3) is 0 Å². The number of amidine groups is 1. The van der Waals surface area contributed by atoms with E-state index in [0.717, 1.165) is 24.3 Å². The lowest BCUT2D eigenvalue weighted by molar-refractivity contribution is 0.221. The summed E-state index contributed by atoms with van der Waals surface area (Å²) in [4.78, 5) is 8.28. The smallest absolute Gasteiger partial charge is 0.118 e. The van der Waals surface area contributed by atoms with Crippen molar-refractivity contribution in [3.63, 3.8) is 0 Å². The Hall–Kier alpha value is -2.27. The number of fused-ring (bicyclic) bond motifs is 3. The minimum Gasteiger partial charge on any atom is -0.497 e. The number of methoxy groups -OCH3 is 2. The maximum atomic E-state index is 5.39. The molecule has 5 heteroatoms. The molecular weight excluding hydrogens is 428 g/mol. The molecule has 1 fully saturated rings. The van der Waals surface area contributed by atoms with Crippen LogP contribution in [-0.2, 0) is 0 Å². The van der Waals surface area contributed by atoms with Crippen molar-refractivity contribution in [2.75, 3.05) is 14.2 Å². The van der Waals surface area contributed by atoms with Gasteiger partial charge in [-0.3, -0.25) is 4.99 Å². The van der Waals surface area contributed by atoms with Gasteiger partial charge < -0.3 is 14.4 Å². The number of hydrogen-bond donors (Lipinski definition) is 0. The van der Waals surface area contributed by atoms with Gasteiger partial charge in [-0.25, -0.2) is 0 Å². The van der Waals surface area contributed by atoms with Crippen molar-refractivity contribution in [2.24, 2.45) is 10.9 Å². The van der Waals surface area contributed by atoms with Crippen LogP contribution in [0.15, 0.2) is 65.7 Å². The molecule has 4 nitrogen and oxygen atoms in total. The Kier molecular flexibility index (Phi) is 4.86. The minimum atomic E-state index is 0.0795.